The summed E-state index contributed by atoms with van der Waals surface area (Å²) in [6.07, 6.45) is 1.00. The van der Waals surface area contributed by atoms with Crippen molar-refractivity contribution >= 4 is 5.91 Å². The molecular weight excluding hydrogens is 228 g/mol. The second-order valence-electron chi connectivity index (χ2n) is 5.70. The number of likely N-dealkylation sites (N-methyl/N-ethyl adjacent to an activating group) is 1. The second kappa shape index (κ2) is 6.50. The molecule has 0 radical (unpaired) electrons. The molecule has 1 fully saturated rings. The van der Waals surface area contributed by atoms with Crippen molar-refractivity contribution in [2.24, 2.45) is 5.73 Å². The first-order valence-corrected chi connectivity index (χ1v) is 6.86. The first-order valence-electron chi connectivity index (χ1n) is 6.86. The molecule has 1 aliphatic rings. The molecule has 0 aliphatic carbocycles. The SMILES string of the molecule is CCCNC(C)(CN1CCN(C)CC1C)C(N)=O. The highest BCUT2D eigenvalue weighted by Gasteiger charge is 2.35. The zero-order valence-electron chi connectivity index (χ0n) is 12.2. The molecule has 0 saturated carbocycles. The minimum absolute atomic E-state index is 0.262. The Morgan fingerprint density at radius 1 is 1.50 bits per heavy atom. The molecule has 2 unspecified atom stereocenters. The number of nitrogens with one attached hydrogen (secondary N) is 1. The van der Waals surface area contributed by atoms with Crippen LogP contribution in [0.5, 0.6) is 0 Å². The molecule has 1 rings (SSSR count). The van der Waals surface area contributed by atoms with E-state index < -0.39 is 5.54 Å². The zero-order valence-corrected chi connectivity index (χ0v) is 12.2. The molecule has 0 bridgehead atoms. The Kier molecular flexibility index (Phi) is 5.56. The van der Waals surface area contributed by atoms with Crippen LogP contribution in [-0.2, 0) is 4.79 Å². The van der Waals surface area contributed by atoms with E-state index in [4.69, 9.17) is 5.73 Å². The maximum atomic E-state index is 11.7. The molecule has 18 heavy (non-hydrogen) atoms. The molecule has 0 aromatic rings. The summed E-state index contributed by atoms with van der Waals surface area (Å²) in [7, 11) is 2.14. The highest BCUT2D eigenvalue weighted by Crippen LogP contribution is 2.13. The number of primary amides is 1. The first-order chi connectivity index (χ1) is 8.39. The Balaban J connectivity index is 2.63. The number of carbonyl (C=O) groups is 1. The number of hydrogen-bond donors (Lipinski definition) is 2. The van der Waals surface area contributed by atoms with Gasteiger partial charge < -0.3 is 16.0 Å². The smallest absolute Gasteiger partial charge is 0.238 e. The number of nitrogens with two attached hydrogens (primary N) is 1. The zero-order chi connectivity index (χ0) is 13.8. The minimum atomic E-state index is -0.625. The molecule has 0 spiro atoms. The predicted molar refractivity (Wildman–Crippen MR) is 74.4 cm³/mol. The predicted octanol–water partition coefficient (Wildman–Crippen LogP) is -0.134. The Hall–Kier alpha value is -0.650. The van der Waals surface area contributed by atoms with Gasteiger partial charge in [0.05, 0.1) is 0 Å². The van der Waals surface area contributed by atoms with E-state index in [-0.39, 0.29) is 5.91 Å². The third-order valence-corrected chi connectivity index (χ3v) is 3.80. The van der Waals surface area contributed by atoms with Crippen molar-refractivity contribution in [3.63, 3.8) is 0 Å². The number of carbonyl (C=O) groups excluding carboxylic acids is 1. The van der Waals surface area contributed by atoms with E-state index in [1.807, 2.05) is 6.92 Å². The van der Waals surface area contributed by atoms with E-state index in [2.05, 4.69) is 36.0 Å². The Morgan fingerprint density at radius 2 is 2.17 bits per heavy atom. The number of amides is 1. The minimum Gasteiger partial charge on any atom is -0.368 e. The van der Waals surface area contributed by atoms with Gasteiger partial charge in [0, 0.05) is 32.2 Å². The molecule has 0 aromatic carbocycles. The summed E-state index contributed by atoms with van der Waals surface area (Å²) >= 11 is 0. The molecule has 106 valence electrons. The van der Waals surface area contributed by atoms with Gasteiger partial charge in [-0.2, -0.15) is 0 Å². The van der Waals surface area contributed by atoms with Gasteiger partial charge >= 0.3 is 0 Å². The van der Waals surface area contributed by atoms with E-state index in [0.29, 0.717) is 12.6 Å². The lowest BCUT2D eigenvalue weighted by molar-refractivity contribution is -0.125. The fourth-order valence-corrected chi connectivity index (χ4v) is 2.44. The van der Waals surface area contributed by atoms with Gasteiger partial charge in [-0.15, -0.1) is 0 Å². The molecule has 0 aromatic heterocycles. The highest BCUT2D eigenvalue weighted by molar-refractivity contribution is 5.84. The summed E-state index contributed by atoms with van der Waals surface area (Å²) in [5, 5.41) is 3.29. The lowest BCUT2D eigenvalue weighted by Crippen LogP contribution is -2.63. The molecule has 5 nitrogen and oxygen atoms in total. The van der Waals surface area contributed by atoms with E-state index in [1.54, 1.807) is 0 Å². The molecule has 1 amide bonds. The van der Waals surface area contributed by atoms with Gasteiger partial charge in [-0.3, -0.25) is 9.69 Å². The van der Waals surface area contributed by atoms with Gasteiger partial charge in [0.15, 0.2) is 0 Å². The third-order valence-electron chi connectivity index (χ3n) is 3.80. The van der Waals surface area contributed by atoms with Crippen LogP contribution in [0.4, 0.5) is 0 Å². The summed E-state index contributed by atoms with van der Waals surface area (Å²) in [5.41, 5.74) is 4.94. The molecule has 1 saturated heterocycles. The van der Waals surface area contributed by atoms with Crippen molar-refractivity contribution in [3.8, 4) is 0 Å². The van der Waals surface area contributed by atoms with Gasteiger partial charge in [-0.1, -0.05) is 6.92 Å². The van der Waals surface area contributed by atoms with Gasteiger partial charge in [-0.25, -0.2) is 0 Å². The van der Waals surface area contributed by atoms with E-state index >= 15 is 0 Å². The number of piperazine rings is 1. The van der Waals surface area contributed by atoms with Crippen molar-refractivity contribution in [2.45, 2.75) is 38.8 Å². The molecule has 1 aliphatic heterocycles. The van der Waals surface area contributed by atoms with Crippen LogP contribution in [0.1, 0.15) is 27.2 Å². The Bertz CT molecular complexity index is 284. The number of rotatable bonds is 6. The maximum Gasteiger partial charge on any atom is 0.238 e. The van der Waals surface area contributed by atoms with Crippen LogP contribution in [-0.4, -0.2) is 67.1 Å². The normalized spacial score (nSPS) is 25.9. The van der Waals surface area contributed by atoms with Crippen molar-refractivity contribution in [1.82, 2.24) is 15.1 Å². The summed E-state index contributed by atoms with van der Waals surface area (Å²) in [5.74, 6) is -0.262. The standard InChI is InChI=1S/C13H28N4O/c1-5-6-15-13(3,12(14)18)10-17-8-7-16(4)9-11(17)2/h11,15H,5-10H2,1-4H3,(H2,14,18). The lowest BCUT2D eigenvalue weighted by atomic mass is 9.98. The Morgan fingerprint density at radius 3 is 2.67 bits per heavy atom. The molecule has 5 heteroatoms. The summed E-state index contributed by atoms with van der Waals surface area (Å²) < 4.78 is 0. The van der Waals surface area contributed by atoms with Crippen LogP contribution in [0.3, 0.4) is 0 Å². The summed E-state index contributed by atoms with van der Waals surface area (Å²) in [6, 6.07) is 0.464. The molecule has 3 N–H and O–H groups in total. The van der Waals surface area contributed by atoms with Crippen LogP contribution >= 0.6 is 0 Å². The van der Waals surface area contributed by atoms with Crippen LogP contribution < -0.4 is 11.1 Å². The van der Waals surface area contributed by atoms with Crippen LogP contribution in [0.15, 0.2) is 0 Å². The average Bonchev–Trinajstić information content (AvgIpc) is 2.30. The van der Waals surface area contributed by atoms with Crippen molar-refractivity contribution in [2.75, 3.05) is 39.8 Å². The number of nitrogens with zero attached hydrogens (tertiary/aromatic N) is 2. The van der Waals surface area contributed by atoms with Gasteiger partial charge in [-0.05, 0) is 33.9 Å². The summed E-state index contributed by atoms with van der Waals surface area (Å²) in [6.45, 7) is 10.8. The molecule has 1 heterocycles. The highest BCUT2D eigenvalue weighted by atomic mass is 16.1. The van der Waals surface area contributed by atoms with Gasteiger partial charge in [0.1, 0.15) is 5.54 Å². The van der Waals surface area contributed by atoms with Crippen LogP contribution in [0.2, 0.25) is 0 Å². The van der Waals surface area contributed by atoms with Crippen molar-refractivity contribution in [3.05, 3.63) is 0 Å². The van der Waals surface area contributed by atoms with E-state index in [0.717, 1.165) is 32.6 Å². The quantitative estimate of drug-likeness (QED) is 0.695. The fraction of sp³-hybridized carbons (Fsp3) is 0.923. The van der Waals surface area contributed by atoms with Gasteiger partial charge in [0.25, 0.3) is 0 Å². The third kappa shape index (κ3) is 3.93. The molecule has 2 atom stereocenters. The second-order valence-corrected chi connectivity index (χ2v) is 5.70. The van der Waals surface area contributed by atoms with Crippen LogP contribution in [0, 0.1) is 0 Å². The topological polar surface area (TPSA) is 61.6 Å². The summed E-state index contributed by atoms with van der Waals surface area (Å²) in [4.78, 5) is 16.4. The monoisotopic (exact) mass is 256 g/mol. The molecular formula is C13H28N4O. The first kappa shape index (κ1) is 15.4. The number of hydrogen-bond acceptors (Lipinski definition) is 4. The van der Waals surface area contributed by atoms with E-state index in [1.165, 1.54) is 0 Å². The van der Waals surface area contributed by atoms with Crippen molar-refractivity contribution < 1.29 is 4.79 Å². The average molecular weight is 256 g/mol. The Labute approximate surface area is 111 Å². The lowest BCUT2D eigenvalue weighted by Gasteiger charge is -2.42. The van der Waals surface area contributed by atoms with Gasteiger partial charge in [0.2, 0.25) is 5.91 Å². The van der Waals surface area contributed by atoms with E-state index in [9.17, 15) is 4.79 Å². The largest absolute Gasteiger partial charge is 0.368 e. The maximum absolute atomic E-state index is 11.7. The van der Waals surface area contributed by atoms with Crippen LogP contribution in [0.25, 0.3) is 0 Å². The fourth-order valence-electron chi connectivity index (χ4n) is 2.44. The van der Waals surface area contributed by atoms with Crippen molar-refractivity contribution in [1.29, 1.82) is 0 Å².